The number of Topliss-reactive ketones (excluding diaryl/α,β-unsaturated/α-hetero) is 1. The van der Waals surface area contributed by atoms with E-state index in [1.165, 1.54) is 6.92 Å². The van der Waals surface area contributed by atoms with Gasteiger partial charge in [0.05, 0.1) is 0 Å². The third-order valence-electron chi connectivity index (χ3n) is 3.55. The van der Waals surface area contributed by atoms with Crippen molar-refractivity contribution in [2.24, 2.45) is 0 Å². The number of amides is 1. The molecule has 120 valence electrons. The van der Waals surface area contributed by atoms with E-state index in [1.54, 1.807) is 55.7 Å². The number of nitrogens with zero attached hydrogens (tertiary/aromatic N) is 2. The zero-order valence-electron chi connectivity index (χ0n) is 13.2. The zero-order valence-corrected chi connectivity index (χ0v) is 13.2. The van der Waals surface area contributed by atoms with E-state index < -0.39 is 0 Å². The average Bonchev–Trinajstić information content (AvgIpc) is 2.97. The summed E-state index contributed by atoms with van der Waals surface area (Å²) in [4.78, 5) is 28.2. The molecule has 0 aliphatic carbocycles. The van der Waals surface area contributed by atoms with Gasteiger partial charge >= 0.3 is 0 Å². The number of ketones is 1. The van der Waals surface area contributed by atoms with E-state index in [1.807, 2.05) is 0 Å². The second-order valence-corrected chi connectivity index (χ2v) is 5.30. The van der Waals surface area contributed by atoms with Crippen LogP contribution in [0, 0.1) is 6.92 Å². The van der Waals surface area contributed by atoms with Crippen molar-refractivity contribution < 1.29 is 14.1 Å². The highest BCUT2D eigenvalue weighted by molar-refractivity contribution is 6.09. The number of rotatable bonds is 4. The molecule has 6 heteroatoms. The number of benzene rings is 1. The summed E-state index contributed by atoms with van der Waals surface area (Å²) >= 11 is 0. The molecule has 0 spiro atoms. The van der Waals surface area contributed by atoms with Gasteiger partial charge in [-0.3, -0.25) is 14.6 Å². The molecule has 0 aliphatic rings. The van der Waals surface area contributed by atoms with Crippen LogP contribution >= 0.6 is 0 Å². The Morgan fingerprint density at radius 3 is 2.71 bits per heavy atom. The SMILES string of the molecule is CC(=O)c1cccc(NC(=O)c2c(-c3cccnc3)noc2C)c1. The van der Waals surface area contributed by atoms with Crippen LogP contribution in [0.4, 0.5) is 5.69 Å². The Hall–Kier alpha value is -3.28. The molecule has 0 saturated heterocycles. The van der Waals surface area contributed by atoms with Gasteiger partial charge < -0.3 is 9.84 Å². The van der Waals surface area contributed by atoms with Crippen LogP contribution in [0.1, 0.15) is 33.4 Å². The smallest absolute Gasteiger partial charge is 0.261 e. The van der Waals surface area contributed by atoms with Gasteiger partial charge in [0.1, 0.15) is 17.0 Å². The van der Waals surface area contributed by atoms with Gasteiger partial charge in [-0.1, -0.05) is 17.3 Å². The third kappa shape index (κ3) is 3.08. The first-order valence-corrected chi connectivity index (χ1v) is 7.35. The van der Waals surface area contributed by atoms with Crippen molar-refractivity contribution in [3.63, 3.8) is 0 Å². The molecule has 0 radical (unpaired) electrons. The van der Waals surface area contributed by atoms with Crippen LogP contribution < -0.4 is 5.32 Å². The van der Waals surface area contributed by atoms with Gasteiger partial charge in [0, 0.05) is 29.2 Å². The number of pyridine rings is 1. The minimum absolute atomic E-state index is 0.0664. The van der Waals surface area contributed by atoms with Gasteiger partial charge in [-0.25, -0.2) is 0 Å². The fourth-order valence-corrected chi connectivity index (χ4v) is 2.35. The Balaban J connectivity index is 1.93. The third-order valence-corrected chi connectivity index (χ3v) is 3.55. The lowest BCUT2D eigenvalue weighted by Gasteiger charge is -2.07. The quantitative estimate of drug-likeness (QED) is 0.743. The van der Waals surface area contributed by atoms with E-state index in [2.05, 4.69) is 15.5 Å². The summed E-state index contributed by atoms with van der Waals surface area (Å²) in [5, 5.41) is 6.74. The Bertz CT molecular complexity index is 901. The predicted octanol–water partition coefficient (Wildman–Crippen LogP) is 3.50. The molecule has 2 aromatic heterocycles. The van der Waals surface area contributed by atoms with Crippen LogP contribution in [-0.2, 0) is 0 Å². The molecule has 1 amide bonds. The van der Waals surface area contributed by atoms with Gasteiger partial charge in [0.25, 0.3) is 5.91 Å². The number of aryl methyl sites for hydroxylation is 1. The maximum Gasteiger partial charge on any atom is 0.261 e. The molecule has 0 atom stereocenters. The van der Waals surface area contributed by atoms with Crippen LogP contribution in [0.25, 0.3) is 11.3 Å². The Labute approximate surface area is 138 Å². The second kappa shape index (κ2) is 6.45. The Morgan fingerprint density at radius 1 is 1.17 bits per heavy atom. The minimum Gasteiger partial charge on any atom is -0.360 e. The standard InChI is InChI=1S/C18H15N3O3/c1-11(22)13-5-3-7-15(9-13)20-18(23)16-12(2)24-21-17(16)14-6-4-8-19-10-14/h3-10H,1-2H3,(H,20,23). The van der Waals surface area contributed by atoms with Crippen molar-refractivity contribution in [1.29, 1.82) is 0 Å². The van der Waals surface area contributed by atoms with Crippen LogP contribution in [0.5, 0.6) is 0 Å². The zero-order chi connectivity index (χ0) is 17.1. The van der Waals surface area contributed by atoms with Crippen molar-refractivity contribution in [2.45, 2.75) is 13.8 Å². The monoisotopic (exact) mass is 321 g/mol. The lowest BCUT2D eigenvalue weighted by molar-refractivity contribution is 0.101. The van der Waals surface area contributed by atoms with E-state index in [4.69, 9.17) is 4.52 Å². The Morgan fingerprint density at radius 2 is 2.00 bits per heavy atom. The molecule has 24 heavy (non-hydrogen) atoms. The van der Waals surface area contributed by atoms with Gasteiger partial charge in [-0.15, -0.1) is 0 Å². The first-order chi connectivity index (χ1) is 11.6. The van der Waals surface area contributed by atoms with E-state index >= 15 is 0 Å². The largest absolute Gasteiger partial charge is 0.360 e. The number of nitrogens with one attached hydrogen (secondary N) is 1. The first kappa shape index (κ1) is 15.6. The maximum atomic E-state index is 12.7. The molecule has 0 bridgehead atoms. The predicted molar refractivity (Wildman–Crippen MR) is 88.9 cm³/mol. The number of carbonyl (C=O) groups excluding carboxylic acids is 2. The molecule has 3 rings (SSSR count). The summed E-state index contributed by atoms with van der Waals surface area (Å²) in [5.41, 5.74) is 2.53. The molecule has 6 nitrogen and oxygen atoms in total. The Kier molecular flexibility index (Phi) is 4.20. The summed E-state index contributed by atoms with van der Waals surface area (Å²) in [6.45, 7) is 3.15. The average molecular weight is 321 g/mol. The highest BCUT2D eigenvalue weighted by Crippen LogP contribution is 2.25. The van der Waals surface area contributed by atoms with Gasteiger partial charge in [0.15, 0.2) is 5.78 Å². The summed E-state index contributed by atoms with van der Waals surface area (Å²) in [6, 6.07) is 10.3. The van der Waals surface area contributed by atoms with Gasteiger partial charge in [0.2, 0.25) is 0 Å². The number of anilines is 1. The van der Waals surface area contributed by atoms with Crippen LogP contribution in [0.3, 0.4) is 0 Å². The molecule has 0 aliphatic heterocycles. The van der Waals surface area contributed by atoms with Crippen molar-refractivity contribution in [3.05, 3.63) is 65.7 Å². The van der Waals surface area contributed by atoms with Gasteiger partial charge in [-0.2, -0.15) is 0 Å². The van der Waals surface area contributed by atoms with Crippen LogP contribution in [0.15, 0.2) is 53.3 Å². The van der Waals surface area contributed by atoms with E-state index in [0.717, 1.165) is 0 Å². The molecule has 1 N–H and O–H groups in total. The molecule has 0 fully saturated rings. The molecule has 0 saturated carbocycles. The van der Waals surface area contributed by atoms with Crippen molar-refractivity contribution in [2.75, 3.05) is 5.32 Å². The topological polar surface area (TPSA) is 85.1 Å². The molecule has 1 aromatic carbocycles. The lowest BCUT2D eigenvalue weighted by atomic mass is 10.1. The van der Waals surface area contributed by atoms with Crippen molar-refractivity contribution >= 4 is 17.4 Å². The highest BCUT2D eigenvalue weighted by Gasteiger charge is 2.22. The summed E-state index contributed by atoms with van der Waals surface area (Å²) < 4.78 is 5.18. The molecule has 2 heterocycles. The number of carbonyl (C=O) groups is 2. The summed E-state index contributed by atoms with van der Waals surface area (Å²) in [6.07, 6.45) is 3.26. The highest BCUT2D eigenvalue weighted by atomic mass is 16.5. The minimum atomic E-state index is -0.353. The maximum absolute atomic E-state index is 12.7. The molecular weight excluding hydrogens is 306 g/mol. The van der Waals surface area contributed by atoms with E-state index in [9.17, 15) is 9.59 Å². The number of aromatic nitrogens is 2. The van der Waals surface area contributed by atoms with Gasteiger partial charge in [-0.05, 0) is 38.1 Å². The van der Waals surface area contributed by atoms with E-state index in [0.29, 0.717) is 33.8 Å². The fraction of sp³-hybridized carbons (Fsp3) is 0.111. The van der Waals surface area contributed by atoms with Crippen LogP contribution in [0.2, 0.25) is 0 Å². The first-order valence-electron chi connectivity index (χ1n) is 7.35. The number of hydrogen-bond donors (Lipinski definition) is 1. The number of hydrogen-bond acceptors (Lipinski definition) is 5. The van der Waals surface area contributed by atoms with E-state index in [-0.39, 0.29) is 11.7 Å². The summed E-state index contributed by atoms with van der Waals surface area (Å²) in [5.74, 6) is -0.00862. The normalized spacial score (nSPS) is 10.4. The van der Waals surface area contributed by atoms with Crippen molar-refractivity contribution in [1.82, 2.24) is 10.1 Å². The lowest BCUT2D eigenvalue weighted by Crippen LogP contribution is -2.13. The molecule has 3 aromatic rings. The summed E-state index contributed by atoms with van der Waals surface area (Å²) in [7, 11) is 0. The second-order valence-electron chi connectivity index (χ2n) is 5.30. The van der Waals surface area contributed by atoms with Crippen LogP contribution in [-0.4, -0.2) is 21.8 Å². The molecule has 0 unspecified atom stereocenters. The van der Waals surface area contributed by atoms with Crippen molar-refractivity contribution in [3.8, 4) is 11.3 Å². The molecular formula is C18H15N3O3. The fourth-order valence-electron chi connectivity index (χ4n) is 2.35.